The highest BCUT2D eigenvalue weighted by Crippen LogP contribution is 2.41. The highest BCUT2D eigenvalue weighted by atomic mass is 32.1. The predicted octanol–water partition coefficient (Wildman–Crippen LogP) is 4.80. The molecule has 1 aliphatic heterocycles. The van der Waals surface area contributed by atoms with E-state index >= 15 is 0 Å². The highest BCUT2D eigenvalue weighted by molar-refractivity contribution is 7.15. The Morgan fingerprint density at radius 2 is 1.84 bits per heavy atom. The van der Waals surface area contributed by atoms with E-state index in [1.807, 2.05) is 42.7 Å². The Labute approximate surface area is 217 Å². The van der Waals surface area contributed by atoms with Gasteiger partial charge in [0.05, 0.1) is 18.2 Å². The third kappa shape index (κ3) is 4.54. The van der Waals surface area contributed by atoms with Gasteiger partial charge in [0.15, 0.2) is 5.82 Å². The summed E-state index contributed by atoms with van der Waals surface area (Å²) in [5.41, 5.74) is 5.03. The first-order chi connectivity index (χ1) is 17.8. The number of halogens is 1. The number of nitrogens with zero attached hydrogens (tertiary/aromatic N) is 4. The first kappa shape index (κ1) is 24.8. The topological polar surface area (TPSA) is 113 Å². The van der Waals surface area contributed by atoms with Crippen molar-refractivity contribution in [2.75, 3.05) is 5.32 Å². The lowest BCUT2D eigenvalue weighted by Gasteiger charge is -2.16. The van der Waals surface area contributed by atoms with E-state index in [4.69, 9.17) is 4.99 Å². The van der Waals surface area contributed by atoms with E-state index in [1.54, 1.807) is 19.1 Å². The van der Waals surface area contributed by atoms with Crippen molar-refractivity contribution in [1.82, 2.24) is 14.8 Å². The largest absolute Gasteiger partial charge is 0.481 e. The molecule has 0 aliphatic carbocycles. The number of hydrogen-bond acceptors (Lipinski definition) is 7. The maximum Gasteiger partial charge on any atom is 0.308 e. The molecular weight excluding hydrogens is 493 g/mol. The van der Waals surface area contributed by atoms with Crippen LogP contribution in [0.25, 0.3) is 5.00 Å². The normalized spacial score (nSPS) is 15.4. The Morgan fingerprint density at radius 1 is 1.14 bits per heavy atom. The van der Waals surface area contributed by atoms with E-state index in [2.05, 4.69) is 15.5 Å². The average Bonchev–Trinajstić information content (AvgIpc) is 3.38. The molecule has 2 aromatic heterocycles. The van der Waals surface area contributed by atoms with E-state index < -0.39 is 17.9 Å². The zero-order valence-electron chi connectivity index (χ0n) is 20.6. The van der Waals surface area contributed by atoms with Crippen molar-refractivity contribution in [3.8, 4) is 5.00 Å². The summed E-state index contributed by atoms with van der Waals surface area (Å²) in [6.45, 7) is 5.81. The summed E-state index contributed by atoms with van der Waals surface area (Å²) in [7, 11) is 0. The van der Waals surface area contributed by atoms with Gasteiger partial charge in [-0.3, -0.25) is 14.4 Å². The lowest BCUT2D eigenvalue weighted by molar-refractivity contribution is -0.141. The number of fused-ring (bicyclic) bond motifs is 3. The summed E-state index contributed by atoms with van der Waals surface area (Å²) >= 11 is 1.43. The smallest absolute Gasteiger partial charge is 0.308 e. The maximum atomic E-state index is 13.2. The van der Waals surface area contributed by atoms with Crippen LogP contribution >= 0.6 is 11.3 Å². The Morgan fingerprint density at radius 3 is 2.49 bits per heavy atom. The van der Waals surface area contributed by atoms with Crippen molar-refractivity contribution < 1.29 is 19.4 Å². The second-order valence-electron chi connectivity index (χ2n) is 9.04. The molecule has 0 saturated carbocycles. The van der Waals surface area contributed by atoms with E-state index in [1.165, 1.54) is 23.5 Å². The molecule has 0 bridgehead atoms. The fraction of sp³-hybridized carbons (Fsp3) is 0.259. The van der Waals surface area contributed by atoms with Gasteiger partial charge in [0, 0.05) is 28.2 Å². The summed E-state index contributed by atoms with van der Waals surface area (Å²) in [5, 5.41) is 32.5. The van der Waals surface area contributed by atoms with Crippen LogP contribution in [0.2, 0.25) is 0 Å². The van der Waals surface area contributed by atoms with Crippen molar-refractivity contribution in [1.29, 1.82) is 0 Å². The van der Waals surface area contributed by atoms with Crippen molar-refractivity contribution >= 4 is 28.7 Å². The number of benzene rings is 2. The molecule has 3 heterocycles. The van der Waals surface area contributed by atoms with Crippen LogP contribution in [-0.4, -0.2) is 36.7 Å². The molecule has 1 aliphatic rings. The molecule has 0 spiro atoms. The van der Waals surface area contributed by atoms with Gasteiger partial charge in [-0.1, -0.05) is 24.3 Å². The maximum absolute atomic E-state index is 13.2. The minimum atomic E-state index is -0.973. The molecule has 4 aromatic rings. The summed E-state index contributed by atoms with van der Waals surface area (Å²) in [6, 6.07) is 13.3. The zero-order chi connectivity index (χ0) is 26.3. The standard InChI is InChI=1S/C27H26FN5O3S/c1-14-21(13-34)37-26-22(14)24(30-23(15(2)27(35)36)25-32-31-16(3)33(25)26)18-6-10-20(11-7-18)29-12-17-4-8-19(28)9-5-17/h4-11,15,23,29,34H,12-13H2,1-3H3,(H,35,36)/t15-,23?/m0/s1. The van der Waals surface area contributed by atoms with Crippen LogP contribution < -0.4 is 5.32 Å². The van der Waals surface area contributed by atoms with Gasteiger partial charge in [-0.05, 0) is 56.2 Å². The lowest BCUT2D eigenvalue weighted by atomic mass is 9.98. The van der Waals surface area contributed by atoms with Crippen LogP contribution in [0.3, 0.4) is 0 Å². The number of carboxylic acids is 1. The molecule has 37 heavy (non-hydrogen) atoms. The fourth-order valence-corrected chi connectivity index (χ4v) is 5.68. The molecular formula is C27H26FN5O3S. The Kier molecular flexibility index (Phi) is 6.61. The first-order valence-electron chi connectivity index (χ1n) is 11.8. The SMILES string of the molecule is Cc1c(CO)sc2c1C(c1ccc(NCc3ccc(F)cc3)cc1)=NC([C@H](C)C(=O)O)c1nnc(C)n1-2. The van der Waals surface area contributed by atoms with Crippen LogP contribution in [0.15, 0.2) is 53.5 Å². The monoisotopic (exact) mass is 519 g/mol. The average molecular weight is 520 g/mol. The lowest BCUT2D eigenvalue weighted by Crippen LogP contribution is -2.21. The van der Waals surface area contributed by atoms with Gasteiger partial charge in [-0.15, -0.1) is 21.5 Å². The number of aliphatic imine (C=N–C) groups is 1. The zero-order valence-corrected chi connectivity index (χ0v) is 21.4. The minimum absolute atomic E-state index is 0.117. The van der Waals surface area contributed by atoms with Crippen molar-refractivity contribution in [3.63, 3.8) is 0 Å². The summed E-state index contributed by atoms with van der Waals surface area (Å²) in [4.78, 5) is 17.8. The number of carboxylic acid groups (broad SMARTS) is 1. The van der Waals surface area contributed by atoms with Gasteiger partial charge in [0.1, 0.15) is 22.7 Å². The third-order valence-electron chi connectivity index (χ3n) is 6.62. The summed E-state index contributed by atoms with van der Waals surface area (Å²) in [6.07, 6.45) is 0. The molecule has 0 fully saturated rings. The first-order valence-corrected chi connectivity index (χ1v) is 12.6. The molecule has 2 aromatic carbocycles. The number of aliphatic carboxylic acids is 1. The van der Waals surface area contributed by atoms with E-state index in [-0.39, 0.29) is 12.4 Å². The molecule has 5 rings (SSSR count). The second-order valence-corrected chi connectivity index (χ2v) is 10.1. The third-order valence-corrected chi connectivity index (χ3v) is 7.89. The quantitative estimate of drug-likeness (QED) is 0.323. The Balaban J connectivity index is 1.57. The number of thiophene rings is 1. The minimum Gasteiger partial charge on any atom is -0.481 e. The number of aliphatic hydroxyl groups excluding tert-OH is 1. The molecule has 10 heteroatoms. The summed E-state index contributed by atoms with van der Waals surface area (Å²) in [5.74, 6) is -0.985. The van der Waals surface area contributed by atoms with Crippen LogP contribution in [0.4, 0.5) is 10.1 Å². The number of carbonyl (C=O) groups is 1. The van der Waals surface area contributed by atoms with Crippen molar-refractivity contribution in [3.05, 3.63) is 93.1 Å². The van der Waals surface area contributed by atoms with E-state index in [0.717, 1.165) is 37.8 Å². The number of aryl methyl sites for hydroxylation is 1. The molecule has 0 amide bonds. The number of hydrogen-bond donors (Lipinski definition) is 3. The molecule has 8 nitrogen and oxygen atoms in total. The molecule has 3 N–H and O–H groups in total. The molecule has 0 saturated heterocycles. The van der Waals surface area contributed by atoms with Gasteiger partial charge >= 0.3 is 5.97 Å². The molecule has 1 unspecified atom stereocenters. The second kappa shape index (κ2) is 9.87. The number of aromatic nitrogens is 3. The molecule has 0 radical (unpaired) electrons. The fourth-order valence-electron chi connectivity index (χ4n) is 4.46. The Hall–Kier alpha value is -3.89. The molecule has 190 valence electrons. The van der Waals surface area contributed by atoms with Gasteiger partial charge in [-0.2, -0.15) is 0 Å². The molecule has 2 atom stereocenters. The number of rotatable bonds is 7. The highest BCUT2D eigenvalue weighted by Gasteiger charge is 2.36. The number of anilines is 1. The van der Waals surface area contributed by atoms with Gasteiger partial charge in [0.2, 0.25) is 0 Å². The summed E-state index contributed by atoms with van der Waals surface area (Å²) < 4.78 is 15.0. The van der Waals surface area contributed by atoms with E-state index in [9.17, 15) is 19.4 Å². The predicted molar refractivity (Wildman–Crippen MR) is 140 cm³/mol. The Bertz CT molecular complexity index is 1490. The van der Waals surface area contributed by atoms with Crippen LogP contribution in [0.5, 0.6) is 0 Å². The van der Waals surface area contributed by atoms with Crippen LogP contribution in [-0.2, 0) is 17.9 Å². The number of nitrogens with one attached hydrogen (secondary N) is 1. The van der Waals surface area contributed by atoms with E-state index in [0.29, 0.717) is 23.9 Å². The van der Waals surface area contributed by atoms with Crippen LogP contribution in [0.1, 0.15) is 51.7 Å². The number of aliphatic hydroxyl groups is 1. The van der Waals surface area contributed by atoms with Gasteiger partial charge in [0.25, 0.3) is 0 Å². The van der Waals surface area contributed by atoms with Gasteiger partial charge < -0.3 is 15.5 Å². The van der Waals surface area contributed by atoms with Crippen molar-refractivity contribution in [2.24, 2.45) is 10.9 Å². The van der Waals surface area contributed by atoms with Gasteiger partial charge in [-0.25, -0.2) is 4.39 Å². The van der Waals surface area contributed by atoms with Crippen molar-refractivity contribution in [2.45, 2.75) is 40.0 Å². The van der Waals surface area contributed by atoms with Crippen LogP contribution in [0, 0.1) is 25.6 Å².